The van der Waals surface area contributed by atoms with Crippen LogP contribution >= 0.6 is 0 Å². The van der Waals surface area contributed by atoms with Crippen LogP contribution < -0.4 is 20.9 Å². The highest BCUT2D eigenvalue weighted by Gasteiger charge is 2.27. The Hall–Kier alpha value is -5.16. The summed E-state index contributed by atoms with van der Waals surface area (Å²) in [6.07, 6.45) is 5.30. The molecule has 6 rings (SSSR count). The quantitative estimate of drug-likeness (QED) is 0.262. The van der Waals surface area contributed by atoms with E-state index < -0.39 is 17.3 Å². The van der Waals surface area contributed by atoms with Crippen molar-refractivity contribution in [2.24, 2.45) is 5.92 Å². The van der Waals surface area contributed by atoms with Gasteiger partial charge in [-0.15, -0.1) is 0 Å². The number of likely N-dealkylation sites (tertiary alicyclic amines) is 1. The van der Waals surface area contributed by atoms with Gasteiger partial charge < -0.3 is 20.3 Å². The van der Waals surface area contributed by atoms with Crippen molar-refractivity contribution in [2.75, 3.05) is 30.8 Å². The third-order valence-electron chi connectivity index (χ3n) is 8.42. The number of para-hydroxylation sites is 1. The summed E-state index contributed by atoms with van der Waals surface area (Å²) in [6.45, 7) is 1.95. The van der Waals surface area contributed by atoms with E-state index >= 15 is 4.39 Å². The second-order valence-electron chi connectivity index (χ2n) is 11.7. The molecular weight excluding hydrogens is 589 g/mol. The number of rotatable bonds is 8. The fourth-order valence-corrected chi connectivity index (χ4v) is 5.96. The van der Waals surface area contributed by atoms with E-state index in [4.69, 9.17) is 4.74 Å². The summed E-state index contributed by atoms with van der Waals surface area (Å²) in [6, 6.07) is 17.2. The normalized spacial score (nSPS) is 15.2. The molecule has 46 heavy (non-hydrogen) atoms. The second-order valence-corrected chi connectivity index (χ2v) is 11.7. The Balaban J connectivity index is 1.15. The molecule has 1 aliphatic carbocycles. The highest BCUT2D eigenvalue weighted by Crippen LogP contribution is 2.28. The number of nitrogens with zero attached hydrogens (tertiary/aromatic N) is 3. The van der Waals surface area contributed by atoms with Gasteiger partial charge in [-0.05, 0) is 88.1 Å². The van der Waals surface area contributed by atoms with E-state index in [1.165, 1.54) is 29.0 Å². The first-order valence-electron chi connectivity index (χ1n) is 15.4. The molecule has 10 nitrogen and oxygen atoms in total. The van der Waals surface area contributed by atoms with Gasteiger partial charge in [0.25, 0.3) is 11.5 Å². The van der Waals surface area contributed by atoms with Crippen molar-refractivity contribution in [1.82, 2.24) is 14.5 Å². The molecule has 2 amide bonds. The third kappa shape index (κ3) is 6.89. The number of ether oxygens (including phenoxy) is 1. The third-order valence-corrected chi connectivity index (χ3v) is 8.42. The number of carbonyl (C=O) groups excluding carboxylic acids is 3. The second kappa shape index (κ2) is 13.5. The van der Waals surface area contributed by atoms with Crippen molar-refractivity contribution in [3.63, 3.8) is 0 Å². The van der Waals surface area contributed by atoms with Crippen molar-refractivity contribution in [3.05, 3.63) is 106 Å². The molecular formula is C35H34FN5O5. The Morgan fingerprint density at radius 1 is 0.957 bits per heavy atom. The van der Waals surface area contributed by atoms with Gasteiger partial charge >= 0.3 is 0 Å². The minimum absolute atomic E-state index is 0.121. The van der Waals surface area contributed by atoms with Crippen LogP contribution in [-0.4, -0.2) is 52.2 Å². The molecule has 4 aromatic rings. The topological polar surface area (TPSA) is 123 Å². The van der Waals surface area contributed by atoms with E-state index in [0.717, 1.165) is 32.0 Å². The summed E-state index contributed by atoms with van der Waals surface area (Å²) in [5.74, 6) is -0.756. The first kappa shape index (κ1) is 30.8. The molecule has 1 fully saturated rings. The van der Waals surface area contributed by atoms with Crippen LogP contribution in [-0.2, 0) is 11.2 Å². The van der Waals surface area contributed by atoms with E-state index in [9.17, 15) is 19.2 Å². The molecule has 1 aliphatic heterocycles. The Labute approximate surface area is 265 Å². The predicted molar refractivity (Wildman–Crippen MR) is 171 cm³/mol. The summed E-state index contributed by atoms with van der Waals surface area (Å²) in [5.41, 5.74) is 0.399. The minimum Gasteiger partial charge on any atom is -0.457 e. The van der Waals surface area contributed by atoms with Crippen molar-refractivity contribution in [3.8, 4) is 17.2 Å². The highest BCUT2D eigenvalue weighted by atomic mass is 19.1. The Morgan fingerprint density at radius 3 is 2.48 bits per heavy atom. The molecule has 0 unspecified atom stereocenters. The number of anilines is 2. The van der Waals surface area contributed by atoms with Gasteiger partial charge in [-0.25, -0.2) is 9.37 Å². The lowest BCUT2D eigenvalue weighted by atomic mass is 9.92. The lowest BCUT2D eigenvalue weighted by Crippen LogP contribution is -2.33. The number of amides is 2. The van der Waals surface area contributed by atoms with E-state index in [1.54, 1.807) is 36.4 Å². The molecule has 2 aromatic carbocycles. The maximum atomic E-state index is 15.2. The van der Waals surface area contributed by atoms with E-state index in [-0.39, 0.29) is 28.7 Å². The minimum atomic E-state index is -0.835. The summed E-state index contributed by atoms with van der Waals surface area (Å²) in [5, 5.41) is 5.28. The van der Waals surface area contributed by atoms with Crippen LogP contribution in [0.1, 0.15) is 58.5 Å². The Bertz CT molecular complexity index is 1850. The average Bonchev–Trinajstić information content (AvgIpc) is 3.04. The lowest BCUT2D eigenvalue weighted by molar-refractivity contribution is -0.117. The first-order chi connectivity index (χ1) is 22.2. The summed E-state index contributed by atoms with van der Waals surface area (Å²) >= 11 is 0. The number of piperidine rings is 1. The molecule has 0 bridgehead atoms. The summed E-state index contributed by atoms with van der Waals surface area (Å²) < 4.78 is 22.4. The number of fused-ring (bicyclic) bond motifs is 1. The number of hydrogen-bond donors (Lipinski definition) is 2. The van der Waals surface area contributed by atoms with Crippen LogP contribution in [0.15, 0.2) is 77.7 Å². The van der Waals surface area contributed by atoms with Gasteiger partial charge in [0.2, 0.25) is 5.91 Å². The van der Waals surface area contributed by atoms with E-state index in [1.807, 2.05) is 6.07 Å². The van der Waals surface area contributed by atoms with Crippen LogP contribution in [0.4, 0.5) is 15.9 Å². The Morgan fingerprint density at radius 2 is 1.72 bits per heavy atom. The maximum absolute atomic E-state index is 15.2. The number of aromatic nitrogens is 2. The van der Waals surface area contributed by atoms with Gasteiger partial charge in [-0.1, -0.05) is 18.2 Å². The monoisotopic (exact) mass is 623 g/mol. The molecule has 11 heteroatoms. The fourth-order valence-electron chi connectivity index (χ4n) is 5.96. The van der Waals surface area contributed by atoms with Crippen molar-refractivity contribution >= 4 is 29.1 Å². The van der Waals surface area contributed by atoms with Crippen molar-refractivity contribution < 1.29 is 23.5 Å². The molecule has 1 saturated heterocycles. The van der Waals surface area contributed by atoms with Crippen LogP contribution in [0.3, 0.4) is 0 Å². The van der Waals surface area contributed by atoms with Crippen LogP contribution in [0.2, 0.25) is 0 Å². The number of pyridine rings is 2. The molecule has 236 valence electrons. The van der Waals surface area contributed by atoms with Gasteiger partial charge in [-0.2, -0.15) is 0 Å². The van der Waals surface area contributed by atoms with Crippen LogP contribution in [0, 0.1) is 11.7 Å². The Kier molecular flexibility index (Phi) is 9.02. The van der Waals surface area contributed by atoms with Gasteiger partial charge in [0.1, 0.15) is 28.7 Å². The molecule has 0 atom stereocenters. The van der Waals surface area contributed by atoms with Gasteiger partial charge in [0.15, 0.2) is 5.78 Å². The molecule has 2 aromatic heterocycles. The first-order valence-corrected chi connectivity index (χ1v) is 15.4. The zero-order valence-electron chi connectivity index (χ0n) is 25.4. The van der Waals surface area contributed by atoms with Gasteiger partial charge in [0, 0.05) is 48.1 Å². The maximum Gasteiger partial charge on any atom is 0.268 e. The van der Waals surface area contributed by atoms with Crippen LogP contribution in [0.5, 0.6) is 11.5 Å². The number of nitrogens with one attached hydrogen (secondary N) is 2. The highest BCUT2D eigenvalue weighted by molar-refractivity contribution is 6.07. The number of ketones is 1. The standard InChI is InChI=1S/C35H34FN5O5/c1-40-16-13-22(14-17-40)18-33(43)39-32-20-25(12-15-37-32)46-24-10-11-29(28(36)19-24)38-34(44)27-21-26-30(8-5-9-31(26)42)41(35(27)45)23-6-3-2-4-7-23/h2-4,6-7,10-12,15,19-22H,5,8-9,13-14,16-18H2,1H3,(H,38,44)(H,37,39,43). The number of hydrogen-bond acceptors (Lipinski definition) is 7. The smallest absolute Gasteiger partial charge is 0.268 e. The molecule has 0 radical (unpaired) electrons. The SMILES string of the molecule is CN1CCC(CC(=O)Nc2cc(Oc3ccc(NC(=O)c4cc5c(n(-c6ccccc6)c4=O)CCCC5=O)c(F)c3)ccn2)CC1. The number of carbonyl (C=O) groups is 3. The summed E-state index contributed by atoms with van der Waals surface area (Å²) in [4.78, 5) is 58.7. The number of halogens is 1. The molecule has 2 N–H and O–H groups in total. The van der Waals surface area contributed by atoms with Gasteiger partial charge in [0.05, 0.1) is 5.69 Å². The molecule has 0 spiro atoms. The fraction of sp³-hybridized carbons (Fsp3) is 0.286. The number of benzene rings is 2. The molecule has 0 saturated carbocycles. The zero-order chi connectivity index (χ0) is 32.2. The van der Waals surface area contributed by atoms with Crippen LogP contribution in [0.25, 0.3) is 5.69 Å². The van der Waals surface area contributed by atoms with Gasteiger partial charge in [-0.3, -0.25) is 23.7 Å². The number of Topliss-reactive ketones (excluding diaryl/α,β-unsaturated/α-hetero) is 1. The average molecular weight is 624 g/mol. The largest absolute Gasteiger partial charge is 0.457 e. The molecule has 2 aliphatic rings. The zero-order valence-corrected chi connectivity index (χ0v) is 25.4. The summed E-state index contributed by atoms with van der Waals surface area (Å²) in [7, 11) is 2.07. The van der Waals surface area contributed by atoms with E-state index in [0.29, 0.717) is 60.1 Å². The van der Waals surface area contributed by atoms with Crippen molar-refractivity contribution in [1.29, 1.82) is 0 Å². The van der Waals surface area contributed by atoms with E-state index in [2.05, 4.69) is 27.6 Å². The lowest BCUT2D eigenvalue weighted by Gasteiger charge is -2.28. The van der Waals surface area contributed by atoms with Crippen molar-refractivity contribution in [2.45, 2.75) is 38.5 Å². The molecule has 3 heterocycles. The predicted octanol–water partition coefficient (Wildman–Crippen LogP) is 5.61.